The van der Waals surface area contributed by atoms with Gasteiger partial charge in [0.25, 0.3) is 5.91 Å². The third-order valence-electron chi connectivity index (χ3n) is 11.0. The molecule has 0 spiro atoms. The summed E-state index contributed by atoms with van der Waals surface area (Å²) < 4.78 is 3.38. The minimum atomic E-state index is -1.14. The fourth-order valence-electron chi connectivity index (χ4n) is 7.77. The van der Waals surface area contributed by atoms with E-state index in [9.17, 15) is 24.0 Å². The molecule has 17 heteroatoms. The van der Waals surface area contributed by atoms with Crippen LogP contribution in [-0.2, 0) is 32.1 Å². The van der Waals surface area contributed by atoms with E-state index in [0.29, 0.717) is 23.4 Å². The number of hydrogen-bond acceptors (Lipinski definition) is 12. The molecule has 2 aromatic heterocycles. The second kappa shape index (κ2) is 22.2. The van der Waals surface area contributed by atoms with Gasteiger partial charge in [-0.05, 0) is 97.4 Å². The van der Waals surface area contributed by atoms with Gasteiger partial charge in [0.15, 0.2) is 11.6 Å². The highest BCUT2D eigenvalue weighted by molar-refractivity contribution is 6.97. The number of carbonyl (C=O) groups excluding carboxylic acids is 5. The second-order valence-corrected chi connectivity index (χ2v) is 16.1. The van der Waals surface area contributed by atoms with Crippen LogP contribution in [0, 0.1) is 0 Å². The van der Waals surface area contributed by atoms with Gasteiger partial charge in [-0.2, -0.15) is 0 Å². The van der Waals surface area contributed by atoms with Gasteiger partial charge in [-0.3, -0.25) is 29.2 Å². The van der Waals surface area contributed by atoms with Crippen LogP contribution in [0.5, 0.6) is 0 Å². The normalized spacial score (nSPS) is 13.0. The Balaban J connectivity index is 0.000000152. The van der Waals surface area contributed by atoms with E-state index in [4.69, 9.17) is 5.26 Å². The lowest BCUT2D eigenvalue weighted by Crippen LogP contribution is -2.36. The fraction of sp³-hybridized carbons (Fsp3) is 0.180. The molecule has 2 aliphatic rings. The molecule has 15 nitrogen and oxygen atoms in total. The maximum atomic E-state index is 13.5. The van der Waals surface area contributed by atoms with Gasteiger partial charge in [-0.25, -0.2) is 14.3 Å². The summed E-state index contributed by atoms with van der Waals surface area (Å²) in [4.78, 5) is 63.7. The smallest absolute Gasteiger partial charge is 0.304 e. The molecule has 1 amide bonds. The minimum Gasteiger partial charge on any atom is -0.384 e. The first-order valence-electron chi connectivity index (χ1n) is 21.2. The summed E-state index contributed by atoms with van der Waals surface area (Å²) >= 11 is 8.98. The summed E-state index contributed by atoms with van der Waals surface area (Å²) in [5, 5.41) is 25.7. The van der Waals surface area contributed by atoms with Crippen LogP contribution >= 0.6 is 23.2 Å². The molecule has 0 bridgehead atoms. The highest BCUT2D eigenvalue weighted by Crippen LogP contribution is 2.35. The van der Waals surface area contributed by atoms with Crippen LogP contribution in [0.15, 0.2) is 146 Å². The lowest BCUT2D eigenvalue weighted by molar-refractivity contribution is -0.248. The number of para-hydroxylation sites is 4. The number of amides is 1. The highest BCUT2D eigenvalue weighted by atomic mass is 35.5. The summed E-state index contributed by atoms with van der Waals surface area (Å²) in [6.45, 7) is 5.40. The monoisotopic (exact) mass is 938 g/mol. The quantitative estimate of drug-likeness (QED) is 0.0437. The van der Waals surface area contributed by atoms with Crippen molar-refractivity contribution in [1.82, 2.24) is 30.0 Å². The zero-order valence-corrected chi connectivity index (χ0v) is 37.8. The van der Waals surface area contributed by atoms with E-state index in [1.54, 1.807) is 32.5 Å². The third kappa shape index (κ3) is 11.0. The largest absolute Gasteiger partial charge is 0.384 e. The van der Waals surface area contributed by atoms with Crippen molar-refractivity contribution in [2.75, 3.05) is 29.9 Å². The SMILES string of the molecule is CC(C(=O)N1CCc2cccc(C(=O)c3ccccc3)c21)n1nnc2ccccc21.CC(COO)n1nnc2ccccc21.O=C(Cl)C(=O)Cl.O=C(c1ccccc1)c1cccc2c1NCC2. The topological polar surface area (TPSA) is 192 Å². The molecule has 2 atom stereocenters. The average molecular weight is 940 g/mol. The van der Waals surface area contributed by atoms with Gasteiger partial charge in [0, 0.05) is 41.0 Å². The number of hydrogen-bond donors (Lipinski definition) is 2. The third-order valence-corrected chi connectivity index (χ3v) is 11.5. The molecule has 2 unspecified atom stereocenters. The Morgan fingerprint density at radius 2 is 1.13 bits per heavy atom. The van der Waals surface area contributed by atoms with Gasteiger partial charge in [0.2, 0.25) is 0 Å². The van der Waals surface area contributed by atoms with E-state index in [0.717, 1.165) is 63.8 Å². The zero-order chi connectivity index (χ0) is 47.5. The maximum absolute atomic E-state index is 13.5. The van der Waals surface area contributed by atoms with Crippen molar-refractivity contribution in [2.45, 2.75) is 38.8 Å². The Bertz CT molecular complexity index is 3040. The molecule has 0 aliphatic carbocycles. The number of fused-ring (bicyclic) bond motifs is 4. The van der Waals surface area contributed by atoms with Gasteiger partial charge in [0.1, 0.15) is 23.7 Å². The molecule has 4 heterocycles. The van der Waals surface area contributed by atoms with Crippen molar-refractivity contribution >= 4 is 84.6 Å². The first-order valence-corrected chi connectivity index (χ1v) is 22.0. The molecule has 6 aromatic carbocycles. The lowest BCUT2D eigenvalue weighted by Gasteiger charge is -2.23. The van der Waals surface area contributed by atoms with Crippen LogP contribution < -0.4 is 10.2 Å². The molecular weight excluding hydrogens is 896 g/mol. The van der Waals surface area contributed by atoms with Gasteiger partial charge < -0.3 is 10.2 Å². The van der Waals surface area contributed by atoms with E-state index < -0.39 is 16.5 Å². The number of benzene rings is 6. The van der Waals surface area contributed by atoms with Crippen LogP contribution in [0.2, 0.25) is 0 Å². The van der Waals surface area contributed by atoms with Crippen LogP contribution in [-0.4, -0.2) is 82.9 Å². The van der Waals surface area contributed by atoms with Crippen molar-refractivity contribution in [2.24, 2.45) is 0 Å². The first-order chi connectivity index (χ1) is 32.5. The molecule has 340 valence electrons. The van der Waals surface area contributed by atoms with Crippen molar-refractivity contribution in [3.8, 4) is 0 Å². The number of carbonyl (C=O) groups is 5. The summed E-state index contributed by atoms with van der Waals surface area (Å²) in [5.74, 6) is -0.0828. The van der Waals surface area contributed by atoms with Crippen molar-refractivity contribution < 1.29 is 34.1 Å². The number of ketones is 2. The van der Waals surface area contributed by atoms with E-state index in [-0.39, 0.29) is 30.1 Å². The molecule has 67 heavy (non-hydrogen) atoms. The molecular formula is C50H44Cl2N8O7. The Labute approximate surface area is 394 Å². The summed E-state index contributed by atoms with van der Waals surface area (Å²) in [7, 11) is 0. The predicted molar refractivity (Wildman–Crippen MR) is 256 cm³/mol. The van der Waals surface area contributed by atoms with Crippen LogP contribution in [0.1, 0.15) is 68.9 Å². The molecule has 2 aliphatic heterocycles. The first kappa shape index (κ1) is 47.5. The fourth-order valence-corrected chi connectivity index (χ4v) is 7.77. The summed E-state index contributed by atoms with van der Waals surface area (Å²) in [6, 6.07) is 44.9. The number of anilines is 2. The van der Waals surface area contributed by atoms with Gasteiger partial charge in [-0.1, -0.05) is 120 Å². The predicted octanol–water partition coefficient (Wildman–Crippen LogP) is 8.70. The standard InChI is InChI=1S/C24H20N4O2.C15H13NO.C9H11N3O2.C2Cl2O2/c1-16(28-21-13-6-5-12-20(21)25-26-28)24(30)27-15-14-17-10-7-11-19(22(17)27)23(29)18-8-3-2-4-9-18;17-15(12-5-2-1-3-6-12)13-8-4-7-11-9-10-16-14(11)13;1-7(6-14-13)12-9-5-3-2-4-8(9)10-11-12;3-1(5)2(4)6/h2-13,16H,14-15H2,1H3;1-8,16H,9-10H2;2-5,7,13H,6H2,1H3;. The molecule has 2 N–H and O–H groups in total. The molecule has 0 fully saturated rings. The molecule has 0 saturated heterocycles. The van der Waals surface area contributed by atoms with Crippen molar-refractivity contribution in [3.63, 3.8) is 0 Å². The molecule has 0 radical (unpaired) electrons. The molecule has 10 rings (SSSR count). The van der Waals surface area contributed by atoms with Crippen LogP contribution in [0.25, 0.3) is 22.1 Å². The van der Waals surface area contributed by atoms with E-state index in [1.165, 1.54) is 5.56 Å². The van der Waals surface area contributed by atoms with Crippen molar-refractivity contribution in [1.29, 1.82) is 0 Å². The van der Waals surface area contributed by atoms with Gasteiger partial charge in [0.05, 0.1) is 22.8 Å². The van der Waals surface area contributed by atoms with Gasteiger partial charge in [-0.15, -0.1) is 10.2 Å². The second-order valence-electron chi connectivity index (χ2n) is 15.4. The number of nitrogens with one attached hydrogen (secondary N) is 1. The van der Waals surface area contributed by atoms with E-state index >= 15 is 0 Å². The van der Waals surface area contributed by atoms with Gasteiger partial charge >= 0.3 is 10.5 Å². The molecule has 0 saturated carbocycles. The number of aromatic nitrogens is 6. The molecule has 8 aromatic rings. The number of nitrogens with zero attached hydrogens (tertiary/aromatic N) is 7. The Morgan fingerprint density at radius 1 is 0.627 bits per heavy atom. The summed E-state index contributed by atoms with van der Waals surface area (Å²) in [5.41, 5.74) is 10.0. The van der Waals surface area contributed by atoms with Crippen molar-refractivity contribution in [3.05, 3.63) is 179 Å². The number of rotatable bonds is 10. The minimum absolute atomic E-state index is 0.0348. The van der Waals surface area contributed by atoms with Crippen LogP contribution in [0.4, 0.5) is 11.4 Å². The summed E-state index contributed by atoms with van der Waals surface area (Å²) in [6.07, 6.45) is 1.73. The van der Waals surface area contributed by atoms with E-state index in [2.05, 4.69) is 60.1 Å². The number of halogens is 2. The Kier molecular flexibility index (Phi) is 15.7. The Morgan fingerprint density at radius 3 is 1.72 bits per heavy atom. The highest BCUT2D eigenvalue weighted by Gasteiger charge is 2.33. The lowest BCUT2D eigenvalue weighted by atomic mass is 9.99. The Hall–Kier alpha value is -7.43. The zero-order valence-electron chi connectivity index (χ0n) is 36.3. The average Bonchev–Trinajstić information content (AvgIpc) is 4.20. The maximum Gasteiger partial charge on any atom is 0.304 e. The van der Waals surface area contributed by atoms with E-state index in [1.807, 2.05) is 135 Å². The van der Waals surface area contributed by atoms with Crippen LogP contribution in [0.3, 0.4) is 0 Å².